The normalized spacial score (nSPS) is 24.0. The summed E-state index contributed by atoms with van der Waals surface area (Å²) in [6, 6.07) is 0.182. The molecule has 3 N–H and O–H groups in total. The third-order valence-corrected chi connectivity index (χ3v) is 3.21. The van der Waals surface area contributed by atoms with Crippen molar-refractivity contribution in [2.45, 2.75) is 32.4 Å². The van der Waals surface area contributed by atoms with Gasteiger partial charge in [-0.2, -0.15) is 0 Å². The molecule has 1 saturated heterocycles. The predicted octanol–water partition coefficient (Wildman–Crippen LogP) is -0.278. The van der Waals surface area contributed by atoms with Crippen LogP contribution in [0.2, 0.25) is 0 Å². The zero-order chi connectivity index (χ0) is 11.3. The van der Waals surface area contributed by atoms with Gasteiger partial charge in [-0.1, -0.05) is 6.92 Å². The first-order valence-corrected chi connectivity index (χ1v) is 6.01. The highest BCUT2D eigenvalue weighted by atomic mass is 16.3. The fourth-order valence-corrected chi connectivity index (χ4v) is 2.25. The molecule has 2 atom stereocenters. The lowest BCUT2D eigenvalue weighted by atomic mass is 10.1. The fraction of sp³-hybridized carbons (Fsp3) is 1.00. The maximum absolute atomic E-state index is 9.28. The number of aliphatic hydroxyl groups is 1. The molecule has 1 aliphatic heterocycles. The van der Waals surface area contributed by atoms with Crippen LogP contribution in [-0.4, -0.2) is 66.3 Å². The molecule has 0 aromatic carbocycles. The van der Waals surface area contributed by atoms with Crippen LogP contribution in [-0.2, 0) is 0 Å². The Morgan fingerprint density at radius 1 is 1.27 bits per heavy atom. The summed E-state index contributed by atoms with van der Waals surface area (Å²) >= 11 is 0. The largest absolute Gasteiger partial charge is 0.395 e. The van der Waals surface area contributed by atoms with Crippen molar-refractivity contribution in [2.24, 2.45) is 5.73 Å². The Balaban J connectivity index is 2.35. The Morgan fingerprint density at radius 2 is 1.87 bits per heavy atom. The monoisotopic (exact) mass is 215 g/mol. The Kier molecular flexibility index (Phi) is 5.53. The summed E-state index contributed by atoms with van der Waals surface area (Å²) in [7, 11) is 0. The molecule has 1 aliphatic rings. The minimum Gasteiger partial charge on any atom is -0.395 e. The highest BCUT2D eigenvalue weighted by Crippen LogP contribution is 2.08. The Bertz CT molecular complexity index is 167. The van der Waals surface area contributed by atoms with Gasteiger partial charge < -0.3 is 15.7 Å². The molecule has 1 fully saturated rings. The zero-order valence-electron chi connectivity index (χ0n) is 10.0. The van der Waals surface area contributed by atoms with Gasteiger partial charge in [0, 0.05) is 38.3 Å². The lowest BCUT2D eigenvalue weighted by molar-refractivity contribution is 0.0562. The van der Waals surface area contributed by atoms with Crippen LogP contribution in [0.4, 0.5) is 0 Å². The van der Waals surface area contributed by atoms with Crippen molar-refractivity contribution in [1.29, 1.82) is 0 Å². The van der Waals surface area contributed by atoms with Crippen LogP contribution < -0.4 is 5.73 Å². The number of nitrogens with zero attached hydrogens (tertiary/aromatic N) is 2. The standard InChI is InChI=1S/C11H25N3O/c1-3-4-13-5-7-14(8-6-13)11(9-15)10(2)12/h10-11,15H,3-9,12H2,1-2H3. The summed E-state index contributed by atoms with van der Waals surface area (Å²) in [4.78, 5) is 4.79. The first-order chi connectivity index (χ1) is 7.19. The second kappa shape index (κ2) is 6.43. The molecule has 15 heavy (non-hydrogen) atoms. The van der Waals surface area contributed by atoms with Crippen LogP contribution in [0.15, 0.2) is 0 Å². The Labute approximate surface area is 93.0 Å². The minimum absolute atomic E-state index is 0.0488. The van der Waals surface area contributed by atoms with E-state index in [4.69, 9.17) is 5.73 Å². The molecule has 0 spiro atoms. The first kappa shape index (κ1) is 12.9. The van der Waals surface area contributed by atoms with E-state index in [0.29, 0.717) is 0 Å². The van der Waals surface area contributed by atoms with Gasteiger partial charge in [0.25, 0.3) is 0 Å². The van der Waals surface area contributed by atoms with Crippen LogP contribution in [0.5, 0.6) is 0 Å². The maximum Gasteiger partial charge on any atom is 0.0601 e. The van der Waals surface area contributed by atoms with E-state index in [0.717, 1.165) is 26.2 Å². The van der Waals surface area contributed by atoms with Gasteiger partial charge >= 0.3 is 0 Å². The lowest BCUT2D eigenvalue weighted by Crippen LogP contribution is -2.56. The summed E-state index contributed by atoms with van der Waals surface area (Å²) < 4.78 is 0. The van der Waals surface area contributed by atoms with E-state index in [1.54, 1.807) is 0 Å². The second-order valence-electron chi connectivity index (χ2n) is 4.49. The van der Waals surface area contributed by atoms with Crippen LogP contribution in [0, 0.1) is 0 Å². The Hall–Kier alpha value is -0.160. The number of nitrogens with two attached hydrogens (primary N) is 1. The molecule has 0 aromatic heterocycles. The highest BCUT2D eigenvalue weighted by molar-refractivity contribution is 4.82. The molecular formula is C11H25N3O. The van der Waals surface area contributed by atoms with Crippen molar-refractivity contribution in [3.05, 3.63) is 0 Å². The van der Waals surface area contributed by atoms with Gasteiger partial charge in [-0.15, -0.1) is 0 Å². The minimum atomic E-state index is 0.0488. The molecule has 1 heterocycles. The number of aliphatic hydroxyl groups excluding tert-OH is 1. The third-order valence-electron chi connectivity index (χ3n) is 3.21. The average molecular weight is 215 g/mol. The van der Waals surface area contributed by atoms with E-state index < -0.39 is 0 Å². The van der Waals surface area contributed by atoms with Crippen LogP contribution in [0.25, 0.3) is 0 Å². The molecule has 0 amide bonds. The van der Waals surface area contributed by atoms with Gasteiger partial charge in [0.2, 0.25) is 0 Å². The molecule has 0 saturated carbocycles. The van der Waals surface area contributed by atoms with Crippen molar-refractivity contribution >= 4 is 0 Å². The average Bonchev–Trinajstić information content (AvgIpc) is 2.21. The van der Waals surface area contributed by atoms with Gasteiger partial charge in [0.1, 0.15) is 0 Å². The van der Waals surface area contributed by atoms with E-state index in [-0.39, 0.29) is 18.7 Å². The molecule has 90 valence electrons. The SMILES string of the molecule is CCCN1CCN(C(CO)C(C)N)CC1. The molecule has 1 rings (SSSR count). The molecule has 4 nitrogen and oxygen atoms in total. The lowest BCUT2D eigenvalue weighted by Gasteiger charge is -2.40. The van der Waals surface area contributed by atoms with Crippen molar-refractivity contribution < 1.29 is 5.11 Å². The highest BCUT2D eigenvalue weighted by Gasteiger charge is 2.25. The molecule has 4 heteroatoms. The first-order valence-electron chi connectivity index (χ1n) is 6.01. The van der Waals surface area contributed by atoms with E-state index in [1.165, 1.54) is 13.0 Å². The van der Waals surface area contributed by atoms with E-state index in [9.17, 15) is 5.11 Å². The van der Waals surface area contributed by atoms with Crippen LogP contribution in [0.3, 0.4) is 0 Å². The van der Waals surface area contributed by atoms with Gasteiger partial charge in [-0.05, 0) is 19.9 Å². The summed E-state index contributed by atoms with van der Waals surface area (Å²) in [5.41, 5.74) is 5.86. The van der Waals surface area contributed by atoms with E-state index in [1.807, 2.05) is 6.92 Å². The maximum atomic E-state index is 9.28. The van der Waals surface area contributed by atoms with Gasteiger partial charge in [-0.3, -0.25) is 4.90 Å². The molecule has 0 aliphatic carbocycles. The van der Waals surface area contributed by atoms with E-state index in [2.05, 4.69) is 16.7 Å². The third kappa shape index (κ3) is 3.72. The molecule has 0 radical (unpaired) electrons. The smallest absolute Gasteiger partial charge is 0.0601 e. The number of rotatable bonds is 5. The van der Waals surface area contributed by atoms with Crippen molar-refractivity contribution in [3.8, 4) is 0 Å². The van der Waals surface area contributed by atoms with Gasteiger partial charge in [-0.25, -0.2) is 0 Å². The molecule has 0 bridgehead atoms. The fourth-order valence-electron chi connectivity index (χ4n) is 2.25. The summed E-state index contributed by atoms with van der Waals surface area (Å²) in [6.45, 7) is 9.83. The van der Waals surface area contributed by atoms with Gasteiger partial charge in [0.05, 0.1) is 6.61 Å². The molecular weight excluding hydrogens is 190 g/mol. The van der Waals surface area contributed by atoms with Gasteiger partial charge in [0.15, 0.2) is 0 Å². The Morgan fingerprint density at radius 3 is 2.27 bits per heavy atom. The van der Waals surface area contributed by atoms with E-state index >= 15 is 0 Å². The quantitative estimate of drug-likeness (QED) is 0.662. The van der Waals surface area contributed by atoms with Crippen molar-refractivity contribution in [1.82, 2.24) is 9.80 Å². The predicted molar refractivity (Wildman–Crippen MR) is 62.8 cm³/mol. The van der Waals surface area contributed by atoms with Crippen molar-refractivity contribution in [3.63, 3.8) is 0 Å². The van der Waals surface area contributed by atoms with Crippen LogP contribution >= 0.6 is 0 Å². The second-order valence-corrected chi connectivity index (χ2v) is 4.49. The topological polar surface area (TPSA) is 52.7 Å². The number of hydrogen-bond acceptors (Lipinski definition) is 4. The summed E-state index contributed by atoms with van der Waals surface area (Å²) in [5, 5.41) is 9.28. The molecule has 2 unspecified atom stereocenters. The zero-order valence-corrected chi connectivity index (χ0v) is 10.0. The number of hydrogen-bond donors (Lipinski definition) is 2. The van der Waals surface area contributed by atoms with Crippen LogP contribution in [0.1, 0.15) is 20.3 Å². The number of piperazine rings is 1. The summed E-state index contributed by atoms with van der Waals surface area (Å²) in [6.07, 6.45) is 1.22. The molecule has 0 aromatic rings. The van der Waals surface area contributed by atoms with Crippen molar-refractivity contribution in [2.75, 3.05) is 39.3 Å². The summed E-state index contributed by atoms with van der Waals surface area (Å²) in [5.74, 6) is 0.